The topological polar surface area (TPSA) is 17.8 Å². The third-order valence-corrected chi connectivity index (χ3v) is 8.42. The summed E-state index contributed by atoms with van der Waals surface area (Å²) in [4.78, 5) is 4.23. The van der Waals surface area contributed by atoms with Crippen LogP contribution in [0.15, 0.2) is 43.0 Å². The number of thioether (sulfide) groups is 2. The highest BCUT2D eigenvalue weighted by atomic mass is 35.5. The molecule has 1 saturated heterocycles. The molecule has 3 rings (SSSR count). The molecule has 24 heavy (non-hydrogen) atoms. The van der Waals surface area contributed by atoms with Crippen molar-refractivity contribution in [3.63, 3.8) is 0 Å². The molecule has 0 saturated carbocycles. The van der Waals surface area contributed by atoms with E-state index in [1.807, 2.05) is 24.7 Å². The molecule has 1 aromatic carbocycles. The summed E-state index contributed by atoms with van der Waals surface area (Å²) in [7, 11) is 0. The van der Waals surface area contributed by atoms with Crippen LogP contribution in [0.5, 0.6) is 0 Å². The first-order valence-electron chi connectivity index (χ1n) is 8.71. The van der Waals surface area contributed by atoms with Crippen LogP contribution < -0.4 is 0 Å². The van der Waals surface area contributed by atoms with Crippen LogP contribution >= 0.6 is 35.1 Å². The van der Waals surface area contributed by atoms with Gasteiger partial charge in [0.1, 0.15) is 0 Å². The molecule has 0 aliphatic carbocycles. The zero-order valence-corrected chi connectivity index (χ0v) is 16.5. The molecule has 1 aliphatic heterocycles. The van der Waals surface area contributed by atoms with E-state index >= 15 is 0 Å². The molecule has 0 radical (unpaired) electrons. The van der Waals surface area contributed by atoms with E-state index in [1.54, 1.807) is 0 Å². The van der Waals surface area contributed by atoms with Gasteiger partial charge in [-0.25, -0.2) is 4.98 Å². The van der Waals surface area contributed by atoms with Crippen LogP contribution in [0.4, 0.5) is 0 Å². The van der Waals surface area contributed by atoms with Crippen molar-refractivity contribution >= 4 is 35.1 Å². The monoisotopic (exact) mass is 380 g/mol. The van der Waals surface area contributed by atoms with Crippen LogP contribution in [0.2, 0.25) is 5.02 Å². The van der Waals surface area contributed by atoms with E-state index in [0.29, 0.717) is 0 Å². The largest absolute Gasteiger partial charge is 0.335 e. The van der Waals surface area contributed by atoms with Crippen LogP contribution in [0, 0.1) is 0 Å². The number of hydrogen-bond acceptors (Lipinski definition) is 3. The Morgan fingerprint density at radius 1 is 1.33 bits per heavy atom. The molecule has 1 aliphatic rings. The van der Waals surface area contributed by atoms with Crippen molar-refractivity contribution in [1.82, 2.24) is 9.55 Å². The quantitative estimate of drug-likeness (QED) is 0.595. The predicted molar refractivity (Wildman–Crippen MR) is 108 cm³/mol. The summed E-state index contributed by atoms with van der Waals surface area (Å²) in [6.07, 6.45) is 12.1. The summed E-state index contributed by atoms with van der Waals surface area (Å²) in [6, 6.07) is 8.30. The summed E-state index contributed by atoms with van der Waals surface area (Å²) in [6.45, 7) is 3.38. The first-order chi connectivity index (χ1) is 11.7. The average Bonchev–Trinajstić information content (AvgIpc) is 3.09. The van der Waals surface area contributed by atoms with Gasteiger partial charge in [-0.2, -0.15) is 0 Å². The van der Waals surface area contributed by atoms with E-state index in [1.165, 1.54) is 37.0 Å². The number of halogens is 1. The van der Waals surface area contributed by atoms with Crippen LogP contribution in [0.25, 0.3) is 0 Å². The first kappa shape index (κ1) is 18.2. The molecule has 2 unspecified atom stereocenters. The van der Waals surface area contributed by atoms with Crippen molar-refractivity contribution in [2.24, 2.45) is 0 Å². The van der Waals surface area contributed by atoms with Gasteiger partial charge < -0.3 is 4.57 Å². The van der Waals surface area contributed by atoms with Gasteiger partial charge in [-0.15, -0.1) is 23.5 Å². The number of aryl methyl sites for hydroxylation is 1. The Morgan fingerprint density at radius 3 is 2.88 bits per heavy atom. The molecule has 0 spiro atoms. The second-order valence-electron chi connectivity index (χ2n) is 6.41. The fourth-order valence-electron chi connectivity index (χ4n) is 3.22. The van der Waals surface area contributed by atoms with Crippen LogP contribution in [-0.2, 0) is 13.0 Å². The third kappa shape index (κ3) is 4.96. The molecule has 1 fully saturated rings. The second kappa shape index (κ2) is 8.68. The zero-order chi connectivity index (χ0) is 16.8. The first-order valence-corrected chi connectivity index (χ1v) is 11.0. The molecular formula is C19H25ClN2S2. The van der Waals surface area contributed by atoms with Gasteiger partial charge in [-0.05, 0) is 55.6 Å². The molecular weight excluding hydrogens is 356 g/mol. The van der Waals surface area contributed by atoms with Crippen LogP contribution in [0.3, 0.4) is 0 Å². The van der Waals surface area contributed by atoms with E-state index in [9.17, 15) is 0 Å². The molecule has 2 atom stereocenters. The Hall–Kier alpha value is -0.580. The lowest BCUT2D eigenvalue weighted by Crippen LogP contribution is -2.33. The summed E-state index contributed by atoms with van der Waals surface area (Å²) in [5, 5.41) is 1.62. The van der Waals surface area contributed by atoms with Crippen molar-refractivity contribution < 1.29 is 0 Å². The highest BCUT2D eigenvalue weighted by Crippen LogP contribution is 2.50. The zero-order valence-electron chi connectivity index (χ0n) is 14.2. The van der Waals surface area contributed by atoms with Gasteiger partial charge in [0.05, 0.1) is 10.4 Å². The number of nitrogens with zero attached hydrogens (tertiary/aromatic N) is 2. The Labute approximate surface area is 158 Å². The number of benzene rings is 1. The summed E-state index contributed by atoms with van der Waals surface area (Å²) in [5.74, 6) is 1.28. The lowest BCUT2D eigenvalue weighted by molar-refractivity contribution is 0.559. The van der Waals surface area contributed by atoms with Crippen molar-refractivity contribution in [2.45, 2.75) is 54.9 Å². The Bertz CT molecular complexity index is 615. The maximum atomic E-state index is 5.99. The minimum absolute atomic E-state index is 0.284. The SMILES string of the molecule is CCC1CCSC(CCCc2ccc(Cl)cc2)(Cn2ccnc2)S1. The standard InChI is InChI=1S/C19H25ClN2S2/c1-2-18-9-13-23-19(24-18,14-22-12-11-21-15-22)10-3-4-16-5-7-17(20)8-6-16/h5-8,11-12,15,18H,2-4,9-10,13-14H2,1H3. The average molecular weight is 381 g/mol. The van der Waals surface area contributed by atoms with Crippen molar-refractivity contribution in [1.29, 1.82) is 0 Å². The Morgan fingerprint density at radius 2 is 2.17 bits per heavy atom. The van der Waals surface area contributed by atoms with Gasteiger partial charge >= 0.3 is 0 Å². The molecule has 0 amide bonds. The number of hydrogen-bond donors (Lipinski definition) is 0. The summed E-state index contributed by atoms with van der Waals surface area (Å²) >= 11 is 10.4. The molecule has 130 valence electrons. The Kier molecular flexibility index (Phi) is 6.59. The van der Waals surface area contributed by atoms with E-state index < -0.39 is 0 Å². The van der Waals surface area contributed by atoms with E-state index in [2.05, 4.69) is 58.3 Å². The van der Waals surface area contributed by atoms with Crippen molar-refractivity contribution in [3.05, 3.63) is 53.6 Å². The van der Waals surface area contributed by atoms with Crippen molar-refractivity contribution in [2.75, 3.05) is 5.75 Å². The highest BCUT2D eigenvalue weighted by Gasteiger charge is 2.37. The highest BCUT2D eigenvalue weighted by molar-refractivity contribution is 8.19. The fourth-order valence-corrected chi connectivity index (χ4v) is 7.23. The number of aromatic nitrogens is 2. The van der Waals surface area contributed by atoms with Gasteiger partial charge in [0.25, 0.3) is 0 Å². The predicted octanol–water partition coefficient (Wildman–Crippen LogP) is 5.90. The van der Waals surface area contributed by atoms with Crippen molar-refractivity contribution in [3.8, 4) is 0 Å². The summed E-state index contributed by atoms with van der Waals surface area (Å²) in [5.41, 5.74) is 1.38. The van der Waals surface area contributed by atoms with E-state index in [-0.39, 0.29) is 4.08 Å². The second-order valence-corrected chi connectivity index (χ2v) is 10.3. The molecule has 1 aromatic heterocycles. The van der Waals surface area contributed by atoms with Gasteiger partial charge in [-0.1, -0.05) is 30.7 Å². The molecule has 2 aromatic rings. The van der Waals surface area contributed by atoms with E-state index in [4.69, 9.17) is 11.6 Å². The molecule has 0 bridgehead atoms. The minimum atomic E-state index is 0.284. The summed E-state index contributed by atoms with van der Waals surface area (Å²) < 4.78 is 2.53. The van der Waals surface area contributed by atoms with Crippen LogP contribution in [-0.4, -0.2) is 24.6 Å². The van der Waals surface area contributed by atoms with Gasteiger partial charge in [0.15, 0.2) is 0 Å². The Balaban J connectivity index is 1.64. The molecule has 0 N–H and O–H groups in total. The fraction of sp³-hybridized carbons (Fsp3) is 0.526. The van der Waals surface area contributed by atoms with E-state index in [0.717, 1.165) is 23.2 Å². The molecule has 2 nitrogen and oxygen atoms in total. The number of rotatable bonds is 7. The normalized spacial score (nSPS) is 24.2. The number of imidazole rings is 1. The molecule has 5 heteroatoms. The third-order valence-electron chi connectivity index (χ3n) is 4.56. The lowest BCUT2D eigenvalue weighted by atomic mass is 10.1. The maximum Gasteiger partial charge on any atom is 0.0946 e. The lowest BCUT2D eigenvalue weighted by Gasteiger charge is -2.40. The van der Waals surface area contributed by atoms with Gasteiger partial charge in [0.2, 0.25) is 0 Å². The van der Waals surface area contributed by atoms with Crippen LogP contribution in [0.1, 0.15) is 38.2 Å². The van der Waals surface area contributed by atoms with Gasteiger partial charge in [0, 0.05) is 29.2 Å². The minimum Gasteiger partial charge on any atom is -0.335 e. The molecule has 2 heterocycles. The van der Waals surface area contributed by atoms with Gasteiger partial charge in [-0.3, -0.25) is 0 Å². The smallest absolute Gasteiger partial charge is 0.0946 e. The maximum absolute atomic E-state index is 5.99.